The Morgan fingerprint density at radius 3 is 2.80 bits per heavy atom. The van der Waals surface area contributed by atoms with Crippen molar-refractivity contribution in [2.75, 3.05) is 25.5 Å². The highest BCUT2D eigenvalue weighted by Gasteiger charge is 2.21. The number of aryl methyl sites for hydroxylation is 1. The lowest BCUT2D eigenvalue weighted by molar-refractivity contribution is 0.0759. The van der Waals surface area contributed by atoms with Crippen LogP contribution >= 0.6 is 0 Å². The van der Waals surface area contributed by atoms with Gasteiger partial charge >= 0.3 is 0 Å². The van der Waals surface area contributed by atoms with Crippen LogP contribution in [0.4, 0.5) is 5.69 Å². The molecular formula is C17H26N2O. The molecule has 1 amide bonds. The van der Waals surface area contributed by atoms with Gasteiger partial charge in [0.05, 0.1) is 0 Å². The molecule has 1 saturated heterocycles. The zero-order valence-electron chi connectivity index (χ0n) is 12.9. The molecule has 3 heteroatoms. The van der Waals surface area contributed by atoms with Crippen molar-refractivity contribution < 1.29 is 4.79 Å². The van der Waals surface area contributed by atoms with Gasteiger partial charge in [-0.1, -0.05) is 13.3 Å². The van der Waals surface area contributed by atoms with Gasteiger partial charge in [-0.3, -0.25) is 4.79 Å². The van der Waals surface area contributed by atoms with Gasteiger partial charge in [0.15, 0.2) is 0 Å². The van der Waals surface area contributed by atoms with Crippen molar-refractivity contribution in [3.63, 3.8) is 0 Å². The molecular weight excluding hydrogens is 248 g/mol. The molecule has 2 rings (SSSR count). The highest BCUT2D eigenvalue weighted by molar-refractivity contribution is 5.96. The number of hydrogen-bond donors (Lipinski definition) is 1. The van der Waals surface area contributed by atoms with Gasteiger partial charge in [0.2, 0.25) is 0 Å². The van der Waals surface area contributed by atoms with Gasteiger partial charge in [-0.25, -0.2) is 0 Å². The normalized spacial score (nSPS) is 19.6. The molecule has 0 spiro atoms. The quantitative estimate of drug-likeness (QED) is 0.911. The standard InChI is InChI=1S/C17H26N2O/c1-4-14-6-5-10-19(11-9-14)17(20)16-8-7-15(18-3)12-13(16)2/h7-8,12,14,18H,4-6,9-11H2,1-3H3. The van der Waals surface area contributed by atoms with E-state index < -0.39 is 0 Å². The largest absolute Gasteiger partial charge is 0.388 e. The first kappa shape index (κ1) is 14.9. The predicted octanol–water partition coefficient (Wildman–Crippen LogP) is 3.69. The second kappa shape index (κ2) is 6.78. The van der Waals surface area contributed by atoms with E-state index in [-0.39, 0.29) is 5.91 Å². The van der Waals surface area contributed by atoms with E-state index in [1.165, 1.54) is 12.8 Å². The molecule has 110 valence electrons. The number of benzene rings is 1. The van der Waals surface area contributed by atoms with Gasteiger partial charge in [-0.05, 0) is 55.9 Å². The second-order valence-corrected chi connectivity index (χ2v) is 5.78. The van der Waals surface area contributed by atoms with E-state index >= 15 is 0 Å². The summed E-state index contributed by atoms with van der Waals surface area (Å²) >= 11 is 0. The maximum Gasteiger partial charge on any atom is 0.254 e. The minimum absolute atomic E-state index is 0.196. The summed E-state index contributed by atoms with van der Waals surface area (Å²) in [6.45, 7) is 6.08. The summed E-state index contributed by atoms with van der Waals surface area (Å²) in [6, 6.07) is 5.97. The lowest BCUT2D eigenvalue weighted by Crippen LogP contribution is -2.32. The zero-order valence-corrected chi connectivity index (χ0v) is 12.9. The summed E-state index contributed by atoms with van der Waals surface area (Å²) < 4.78 is 0. The average Bonchev–Trinajstić information content (AvgIpc) is 2.71. The van der Waals surface area contributed by atoms with E-state index in [9.17, 15) is 4.79 Å². The minimum Gasteiger partial charge on any atom is -0.388 e. The maximum atomic E-state index is 12.7. The number of carbonyl (C=O) groups excluding carboxylic acids is 1. The molecule has 0 saturated carbocycles. The van der Waals surface area contributed by atoms with E-state index in [1.807, 2.05) is 37.1 Å². The number of rotatable bonds is 3. The molecule has 1 aromatic rings. The topological polar surface area (TPSA) is 32.3 Å². The third-order valence-corrected chi connectivity index (χ3v) is 4.46. The summed E-state index contributed by atoms with van der Waals surface area (Å²) in [4.78, 5) is 14.7. The molecule has 1 heterocycles. The molecule has 0 aliphatic carbocycles. The Morgan fingerprint density at radius 1 is 1.35 bits per heavy atom. The monoisotopic (exact) mass is 274 g/mol. The summed E-state index contributed by atoms with van der Waals surface area (Å²) in [5.41, 5.74) is 2.96. The van der Waals surface area contributed by atoms with Crippen LogP contribution in [-0.4, -0.2) is 30.9 Å². The molecule has 1 fully saturated rings. The fraction of sp³-hybridized carbons (Fsp3) is 0.588. The number of anilines is 1. The number of carbonyl (C=O) groups is 1. The van der Waals surface area contributed by atoms with Crippen LogP contribution in [0, 0.1) is 12.8 Å². The van der Waals surface area contributed by atoms with Crippen LogP contribution in [-0.2, 0) is 0 Å². The molecule has 1 atom stereocenters. The Morgan fingerprint density at radius 2 is 2.15 bits per heavy atom. The molecule has 1 unspecified atom stereocenters. The van der Waals surface area contributed by atoms with E-state index in [4.69, 9.17) is 0 Å². The number of nitrogens with zero attached hydrogens (tertiary/aromatic N) is 1. The van der Waals surface area contributed by atoms with E-state index in [1.54, 1.807) is 0 Å². The highest BCUT2D eigenvalue weighted by atomic mass is 16.2. The number of amides is 1. The lowest BCUT2D eigenvalue weighted by atomic mass is 9.98. The molecule has 1 aromatic carbocycles. The molecule has 1 aliphatic rings. The molecule has 1 aliphatic heterocycles. The Bertz CT molecular complexity index is 470. The number of hydrogen-bond acceptors (Lipinski definition) is 2. The van der Waals surface area contributed by atoms with Gasteiger partial charge in [-0.2, -0.15) is 0 Å². The maximum absolute atomic E-state index is 12.7. The zero-order chi connectivity index (χ0) is 14.5. The Balaban J connectivity index is 2.10. The smallest absolute Gasteiger partial charge is 0.254 e. The highest BCUT2D eigenvalue weighted by Crippen LogP contribution is 2.23. The van der Waals surface area contributed by atoms with Crippen molar-refractivity contribution in [2.45, 2.75) is 39.5 Å². The van der Waals surface area contributed by atoms with Crippen LogP contribution in [0.25, 0.3) is 0 Å². The van der Waals surface area contributed by atoms with Gasteiger partial charge in [0, 0.05) is 31.4 Å². The van der Waals surface area contributed by atoms with Crippen LogP contribution in [0.15, 0.2) is 18.2 Å². The van der Waals surface area contributed by atoms with Crippen molar-refractivity contribution in [1.82, 2.24) is 4.90 Å². The first-order valence-electron chi connectivity index (χ1n) is 7.73. The van der Waals surface area contributed by atoms with Crippen LogP contribution in [0.1, 0.15) is 48.5 Å². The first-order valence-corrected chi connectivity index (χ1v) is 7.73. The van der Waals surface area contributed by atoms with Crippen LogP contribution in [0.2, 0.25) is 0 Å². The van der Waals surface area contributed by atoms with Crippen molar-refractivity contribution in [3.8, 4) is 0 Å². The first-order chi connectivity index (χ1) is 9.65. The van der Waals surface area contributed by atoms with Crippen LogP contribution < -0.4 is 5.32 Å². The summed E-state index contributed by atoms with van der Waals surface area (Å²) in [6.07, 6.45) is 4.78. The summed E-state index contributed by atoms with van der Waals surface area (Å²) in [5.74, 6) is 0.988. The SMILES string of the molecule is CCC1CCCN(C(=O)c2ccc(NC)cc2C)CC1. The van der Waals surface area contributed by atoms with E-state index in [0.717, 1.165) is 48.7 Å². The number of nitrogens with one attached hydrogen (secondary N) is 1. The molecule has 20 heavy (non-hydrogen) atoms. The number of likely N-dealkylation sites (tertiary alicyclic amines) is 1. The fourth-order valence-electron chi connectivity index (χ4n) is 3.01. The predicted molar refractivity (Wildman–Crippen MR) is 84.3 cm³/mol. The van der Waals surface area contributed by atoms with Gasteiger partial charge in [-0.15, -0.1) is 0 Å². The summed E-state index contributed by atoms with van der Waals surface area (Å²) in [7, 11) is 1.90. The molecule has 0 bridgehead atoms. The van der Waals surface area contributed by atoms with E-state index in [2.05, 4.69) is 12.2 Å². The van der Waals surface area contributed by atoms with Crippen molar-refractivity contribution in [3.05, 3.63) is 29.3 Å². The minimum atomic E-state index is 0.196. The third-order valence-electron chi connectivity index (χ3n) is 4.46. The Kier molecular flexibility index (Phi) is 5.05. The van der Waals surface area contributed by atoms with Gasteiger partial charge in [0.1, 0.15) is 0 Å². The van der Waals surface area contributed by atoms with Gasteiger partial charge in [0.25, 0.3) is 5.91 Å². The Hall–Kier alpha value is -1.51. The fourth-order valence-corrected chi connectivity index (χ4v) is 3.01. The van der Waals surface area contributed by atoms with E-state index in [0.29, 0.717) is 0 Å². The Labute approximate surface area is 122 Å². The molecule has 3 nitrogen and oxygen atoms in total. The van der Waals surface area contributed by atoms with Crippen molar-refractivity contribution in [2.24, 2.45) is 5.92 Å². The molecule has 0 radical (unpaired) electrons. The molecule has 1 N–H and O–H groups in total. The van der Waals surface area contributed by atoms with Crippen LogP contribution in [0.5, 0.6) is 0 Å². The van der Waals surface area contributed by atoms with Gasteiger partial charge < -0.3 is 10.2 Å². The average molecular weight is 274 g/mol. The van der Waals surface area contributed by atoms with Crippen molar-refractivity contribution >= 4 is 11.6 Å². The summed E-state index contributed by atoms with van der Waals surface area (Å²) in [5, 5.41) is 3.11. The van der Waals surface area contributed by atoms with Crippen LogP contribution in [0.3, 0.4) is 0 Å². The van der Waals surface area contributed by atoms with Crippen molar-refractivity contribution in [1.29, 1.82) is 0 Å². The second-order valence-electron chi connectivity index (χ2n) is 5.78. The lowest BCUT2D eigenvalue weighted by Gasteiger charge is -2.22. The third kappa shape index (κ3) is 3.33. The molecule has 0 aromatic heterocycles.